The number of carbonyl (C=O) groups is 1. The molecule has 0 radical (unpaired) electrons. The summed E-state index contributed by atoms with van der Waals surface area (Å²) in [4.78, 5) is 11.5. The van der Waals surface area contributed by atoms with Crippen LogP contribution in [0.1, 0.15) is 99.0 Å². The third kappa shape index (κ3) is 5.34. The topological polar surface area (TPSA) is 43.1 Å². The van der Waals surface area contributed by atoms with Gasteiger partial charge in [-0.2, -0.15) is 0 Å². The van der Waals surface area contributed by atoms with Gasteiger partial charge in [0.05, 0.1) is 5.48 Å². The van der Waals surface area contributed by atoms with E-state index in [2.05, 4.69) is 6.92 Å². The average Bonchev–Trinajstić information content (AvgIpc) is 2.73. The zero-order chi connectivity index (χ0) is 21.8. The number of carbonyl (C=O) groups excluding carboxylic acids is 1. The Morgan fingerprint density at radius 2 is 1.42 bits per heavy atom. The van der Waals surface area contributed by atoms with E-state index >= 15 is 0 Å². The third-order valence-corrected chi connectivity index (χ3v) is 6.87. The van der Waals surface area contributed by atoms with Crippen LogP contribution in [0.4, 0.5) is 0 Å². The maximum atomic E-state index is 11.5. The summed E-state index contributed by atoms with van der Waals surface area (Å²) in [6.07, 6.45) is 14.8. The van der Waals surface area contributed by atoms with Gasteiger partial charge in [0.2, 0.25) is 5.91 Å². The van der Waals surface area contributed by atoms with Crippen LogP contribution in [-0.2, 0) is 6.42 Å². The van der Waals surface area contributed by atoms with E-state index in [1.54, 1.807) is 0 Å². The van der Waals surface area contributed by atoms with E-state index in [1.165, 1.54) is 64.2 Å². The maximum absolute atomic E-state index is 11.5. The van der Waals surface area contributed by atoms with Gasteiger partial charge in [0.1, 0.15) is 0 Å². The fourth-order valence-corrected chi connectivity index (χ4v) is 5.24. The van der Waals surface area contributed by atoms with Crippen molar-refractivity contribution in [3.63, 3.8) is 0 Å². The predicted octanol–water partition coefficient (Wildman–Crippen LogP) is 6.13. The SMILES string of the molecule is [2H]c1c([2H])c(C(N)=O)c([2H])c([2H])c1CCC1CCC(C2CCC(CCC)CC2)CC1. The minimum absolute atomic E-state index is 0.109. The van der Waals surface area contributed by atoms with Crippen LogP contribution >= 0.6 is 0 Å². The standard InChI is InChI=1S/C24H37NO/c1-2-3-18-6-12-21(13-7-18)22-14-8-19(9-15-22)4-5-20-10-16-23(17-11-20)24(25)26/h10-11,16-19,21-22H,2-9,12-15H2,1H3,(H2,25,26)/i10D,11D,16D,17D. The Hall–Kier alpha value is -1.31. The summed E-state index contributed by atoms with van der Waals surface area (Å²) in [6.45, 7) is 2.29. The van der Waals surface area contributed by atoms with Gasteiger partial charge in [-0.05, 0) is 79.8 Å². The van der Waals surface area contributed by atoms with Crippen LogP contribution in [-0.4, -0.2) is 5.91 Å². The van der Waals surface area contributed by atoms with Crippen LogP contribution in [0.3, 0.4) is 0 Å². The van der Waals surface area contributed by atoms with Gasteiger partial charge in [0, 0.05) is 5.56 Å². The minimum Gasteiger partial charge on any atom is -0.366 e. The number of benzene rings is 1. The number of primary amides is 1. The van der Waals surface area contributed by atoms with Crippen LogP contribution in [0.25, 0.3) is 0 Å². The molecule has 2 fully saturated rings. The first-order valence-electron chi connectivity index (χ1n) is 12.7. The largest absolute Gasteiger partial charge is 0.366 e. The molecule has 2 N–H and O–H groups in total. The second-order valence-corrected chi connectivity index (χ2v) is 8.61. The van der Waals surface area contributed by atoms with Crippen molar-refractivity contribution in [2.45, 2.75) is 84.0 Å². The normalized spacial score (nSPS) is 31.6. The minimum atomic E-state index is -0.902. The highest BCUT2D eigenvalue weighted by Gasteiger charge is 2.30. The zero-order valence-electron chi connectivity index (χ0n) is 20.3. The van der Waals surface area contributed by atoms with E-state index < -0.39 is 5.91 Å². The van der Waals surface area contributed by atoms with Crippen molar-refractivity contribution in [2.75, 3.05) is 0 Å². The quantitative estimate of drug-likeness (QED) is 0.625. The van der Waals surface area contributed by atoms with E-state index in [0.717, 1.165) is 24.2 Å². The summed E-state index contributed by atoms with van der Waals surface area (Å²) in [5.41, 5.74) is 5.37. The molecule has 26 heavy (non-hydrogen) atoms. The molecule has 2 aliphatic rings. The summed E-state index contributed by atoms with van der Waals surface area (Å²) in [7, 11) is 0. The van der Waals surface area contributed by atoms with Crippen molar-refractivity contribution in [2.24, 2.45) is 29.4 Å². The molecular weight excluding hydrogens is 318 g/mol. The molecule has 1 aromatic rings. The molecule has 3 rings (SSSR count). The summed E-state index contributed by atoms with van der Waals surface area (Å²) in [5, 5.41) is 0. The first kappa shape index (κ1) is 14.7. The van der Waals surface area contributed by atoms with Gasteiger partial charge in [0.15, 0.2) is 0 Å². The Morgan fingerprint density at radius 3 is 1.88 bits per heavy atom. The van der Waals surface area contributed by atoms with Gasteiger partial charge in [0.25, 0.3) is 0 Å². The van der Waals surface area contributed by atoms with Crippen LogP contribution in [0.5, 0.6) is 0 Å². The monoisotopic (exact) mass is 359 g/mol. The molecule has 2 aliphatic carbocycles. The Labute approximate surface area is 165 Å². The highest BCUT2D eigenvalue weighted by Crippen LogP contribution is 2.42. The van der Waals surface area contributed by atoms with E-state index in [9.17, 15) is 4.79 Å². The molecule has 0 atom stereocenters. The second kappa shape index (κ2) is 9.58. The first-order valence-corrected chi connectivity index (χ1v) is 10.7. The molecule has 144 valence electrons. The van der Waals surface area contributed by atoms with Gasteiger partial charge in [-0.15, -0.1) is 0 Å². The van der Waals surface area contributed by atoms with Crippen LogP contribution in [0.15, 0.2) is 24.2 Å². The lowest BCUT2D eigenvalue weighted by molar-refractivity contribution is 0.100. The van der Waals surface area contributed by atoms with Crippen molar-refractivity contribution in [3.8, 4) is 0 Å². The van der Waals surface area contributed by atoms with E-state index in [1.807, 2.05) is 0 Å². The van der Waals surface area contributed by atoms with Crippen LogP contribution in [0.2, 0.25) is 0 Å². The number of nitrogens with two attached hydrogens (primary N) is 1. The lowest BCUT2D eigenvalue weighted by atomic mass is 9.68. The van der Waals surface area contributed by atoms with E-state index in [4.69, 9.17) is 11.2 Å². The number of hydrogen-bond acceptors (Lipinski definition) is 1. The maximum Gasteiger partial charge on any atom is 0.248 e. The number of amides is 1. The molecule has 2 heteroatoms. The summed E-state index contributed by atoms with van der Waals surface area (Å²) < 4.78 is 32.4. The zero-order valence-corrected chi connectivity index (χ0v) is 16.3. The molecule has 0 bridgehead atoms. The Kier molecular flexibility index (Phi) is 5.42. The van der Waals surface area contributed by atoms with Crippen molar-refractivity contribution in [3.05, 3.63) is 35.3 Å². The van der Waals surface area contributed by atoms with Gasteiger partial charge in [-0.1, -0.05) is 57.5 Å². The lowest BCUT2D eigenvalue weighted by Gasteiger charge is -2.38. The van der Waals surface area contributed by atoms with E-state index in [0.29, 0.717) is 17.9 Å². The highest BCUT2D eigenvalue weighted by molar-refractivity contribution is 5.92. The van der Waals surface area contributed by atoms with Gasteiger partial charge < -0.3 is 5.73 Å². The summed E-state index contributed by atoms with van der Waals surface area (Å²) in [5.74, 6) is 2.44. The molecule has 0 saturated heterocycles. The smallest absolute Gasteiger partial charge is 0.248 e. The molecule has 1 amide bonds. The molecule has 2 nitrogen and oxygen atoms in total. The van der Waals surface area contributed by atoms with E-state index in [-0.39, 0.29) is 29.7 Å². The van der Waals surface area contributed by atoms with Gasteiger partial charge >= 0.3 is 0 Å². The fraction of sp³-hybridized carbons (Fsp3) is 0.708. The van der Waals surface area contributed by atoms with Crippen LogP contribution in [0, 0.1) is 23.7 Å². The summed E-state index contributed by atoms with van der Waals surface area (Å²) in [6, 6.07) is -0.827. The first-order chi connectivity index (χ1) is 14.3. The molecular formula is C24H37NO. The van der Waals surface area contributed by atoms with Crippen molar-refractivity contribution in [1.82, 2.24) is 0 Å². The molecule has 2 saturated carbocycles. The Morgan fingerprint density at radius 1 is 0.923 bits per heavy atom. The number of rotatable bonds is 7. The van der Waals surface area contributed by atoms with Gasteiger partial charge in [-0.3, -0.25) is 4.79 Å². The predicted molar refractivity (Wildman–Crippen MR) is 109 cm³/mol. The van der Waals surface area contributed by atoms with Crippen LogP contribution < -0.4 is 5.73 Å². The molecule has 0 spiro atoms. The Bertz CT molecular complexity index is 721. The third-order valence-electron chi connectivity index (χ3n) is 6.87. The summed E-state index contributed by atoms with van der Waals surface area (Å²) >= 11 is 0. The molecule has 0 heterocycles. The Balaban J connectivity index is 1.52. The molecule has 1 aromatic carbocycles. The molecule has 0 aliphatic heterocycles. The highest BCUT2D eigenvalue weighted by atomic mass is 16.1. The van der Waals surface area contributed by atoms with Crippen molar-refractivity contribution < 1.29 is 10.3 Å². The fourth-order valence-electron chi connectivity index (χ4n) is 5.24. The lowest BCUT2D eigenvalue weighted by Crippen LogP contribution is -2.26. The molecule has 0 unspecified atom stereocenters. The van der Waals surface area contributed by atoms with Crippen molar-refractivity contribution in [1.29, 1.82) is 0 Å². The van der Waals surface area contributed by atoms with Gasteiger partial charge in [-0.25, -0.2) is 0 Å². The van der Waals surface area contributed by atoms with Crippen molar-refractivity contribution >= 4 is 5.91 Å². The number of hydrogen-bond donors (Lipinski definition) is 1. The second-order valence-electron chi connectivity index (χ2n) is 8.61. The average molecular weight is 360 g/mol. The molecule has 0 aromatic heterocycles.